The summed E-state index contributed by atoms with van der Waals surface area (Å²) < 4.78 is 5.05. The topological polar surface area (TPSA) is 25.8 Å². The Labute approximate surface area is 330 Å². The van der Waals surface area contributed by atoms with Gasteiger partial charge in [0, 0.05) is 57.0 Å². The van der Waals surface area contributed by atoms with Crippen molar-refractivity contribution in [2.45, 2.75) is 0 Å². The lowest BCUT2D eigenvalue weighted by Crippen LogP contribution is -1.96. The molecule has 0 aliphatic rings. The molecule has 0 atom stereocenters. The van der Waals surface area contributed by atoms with Gasteiger partial charge in [0.15, 0.2) is 5.82 Å². The summed E-state index contributed by atoms with van der Waals surface area (Å²) in [7, 11) is 0. The summed E-state index contributed by atoms with van der Waals surface area (Å²) in [6.45, 7) is 0. The van der Waals surface area contributed by atoms with E-state index >= 15 is 0 Å². The van der Waals surface area contributed by atoms with Gasteiger partial charge in [-0.2, -0.15) is 0 Å². The molecule has 0 aliphatic heterocycles. The van der Waals surface area contributed by atoms with E-state index in [4.69, 9.17) is 9.97 Å². The molecule has 0 radical (unpaired) electrons. The standard InChI is InChI=1S/C52H30N2S2/c1-3-13-35-31(11-1)27-28-39-44(35)29-34-12-2-4-14-36(34)49(39)32-23-25-33(26-24-32)52-53-45(42-19-9-17-40-37-15-5-7-21-47(37)55-50(40)42)30-46(54-52)43-20-10-18-41-38-16-6-8-22-48(38)56-51(41)43/h1-30H. The van der Waals surface area contributed by atoms with Crippen LogP contribution in [0.3, 0.4) is 0 Å². The summed E-state index contributed by atoms with van der Waals surface area (Å²) in [6.07, 6.45) is 0. The van der Waals surface area contributed by atoms with Gasteiger partial charge in [0.25, 0.3) is 0 Å². The lowest BCUT2D eigenvalue weighted by Gasteiger charge is -2.15. The SMILES string of the molecule is c1ccc2c(-c3ccc(-c4nc(-c5cccc6c5sc5ccccc56)cc(-c5cccc6c5sc5ccccc56)n4)cc3)c3ccc4ccccc4c3cc2c1. The minimum absolute atomic E-state index is 0.717. The Morgan fingerprint density at radius 1 is 0.321 bits per heavy atom. The molecule has 0 amide bonds. The summed E-state index contributed by atoms with van der Waals surface area (Å²) in [6, 6.07) is 66.0. The summed E-state index contributed by atoms with van der Waals surface area (Å²) in [4.78, 5) is 10.8. The van der Waals surface area contributed by atoms with E-state index in [1.54, 1.807) is 0 Å². The van der Waals surface area contributed by atoms with Gasteiger partial charge in [-0.1, -0.05) is 158 Å². The molecule has 0 bridgehead atoms. The van der Waals surface area contributed by atoms with Crippen LogP contribution in [0.4, 0.5) is 0 Å². The molecule has 3 aromatic heterocycles. The van der Waals surface area contributed by atoms with Gasteiger partial charge in [-0.05, 0) is 67.7 Å². The normalized spacial score (nSPS) is 11.9. The minimum Gasteiger partial charge on any atom is -0.228 e. The molecule has 0 saturated carbocycles. The van der Waals surface area contributed by atoms with Gasteiger partial charge in [-0.25, -0.2) is 9.97 Å². The maximum atomic E-state index is 5.38. The first-order valence-corrected chi connectivity index (χ1v) is 20.5. The number of hydrogen-bond donors (Lipinski definition) is 0. The summed E-state index contributed by atoms with van der Waals surface area (Å²) >= 11 is 3.67. The first-order chi connectivity index (χ1) is 27.7. The smallest absolute Gasteiger partial charge is 0.160 e. The molecule has 2 nitrogen and oxygen atoms in total. The van der Waals surface area contributed by atoms with E-state index < -0.39 is 0 Å². The molecule has 0 aliphatic carbocycles. The minimum atomic E-state index is 0.717. The van der Waals surface area contributed by atoms with Gasteiger partial charge in [0.05, 0.1) is 11.4 Å². The zero-order chi connectivity index (χ0) is 36.7. The Bertz CT molecular complexity index is 3410. The van der Waals surface area contributed by atoms with Crippen LogP contribution >= 0.6 is 22.7 Å². The molecule has 12 aromatic rings. The molecule has 0 unspecified atom stereocenters. The molecule has 0 N–H and O–H groups in total. The second-order valence-electron chi connectivity index (χ2n) is 14.5. The molecule has 4 heteroatoms. The van der Waals surface area contributed by atoms with Crippen LogP contribution in [0, 0.1) is 0 Å². The van der Waals surface area contributed by atoms with Crippen LogP contribution in [0.15, 0.2) is 182 Å². The van der Waals surface area contributed by atoms with Crippen LogP contribution in [-0.2, 0) is 0 Å². The third-order valence-electron chi connectivity index (χ3n) is 11.3. The van der Waals surface area contributed by atoms with Crippen molar-refractivity contribution >= 4 is 95.3 Å². The van der Waals surface area contributed by atoms with E-state index in [0.717, 1.165) is 28.1 Å². The molecule has 56 heavy (non-hydrogen) atoms. The lowest BCUT2D eigenvalue weighted by molar-refractivity contribution is 1.19. The first kappa shape index (κ1) is 31.6. The predicted molar refractivity (Wildman–Crippen MR) is 242 cm³/mol. The first-order valence-electron chi connectivity index (χ1n) is 18.9. The number of hydrogen-bond acceptors (Lipinski definition) is 4. The number of thiophene rings is 2. The second kappa shape index (κ2) is 12.4. The predicted octanol–water partition coefficient (Wildman–Crippen LogP) is 15.3. The highest BCUT2D eigenvalue weighted by Gasteiger charge is 2.19. The Morgan fingerprint density at radius 2 is 0.839 bits per heavy atom. The number of aromatic nitrogens is 2. The molecular weight excluding hydrogens is 717 g/mol. The molecule has 0 spiro atoms. The maximum absolute atomic E-state index is 5.38. The van der Waals surface area contributed by atoms with Crippen LogP contribution < -0.4 is 0 Å². The number of rotatable bonds is 4. The van der Waals surface area contributed by atoms with Crippen molar-refractivity contribution in [1.82, 2.24) is 9.97 Å². The van der Waals surface area contributed by atoms with Gasteiger partial charge in [-0.15, -0.1) is 22.7 Å². The summed E-state index contributed by atoms with van der Waals surface area (Å²) in [5, 5.41) is 12.6. The summed E-state index contributed by atoms with van der Waals surface area (Å²) in [5.41, 5.74) is 7.52. The largest absolute Gasteiger partial charge is 0.228 e. The van der Waals surface area contributed by atoms with Crippen LogP contribution in [0.5, 0.6) is 0 Å². The van der Waals surface area contributed by atoms with Crippen molar-refractivity contribution in [2.75, 3.05) is 0 Å². The monoisotopic (exact) mass is 746 g/mol. The average molecular weight is 747 g/mol. The van der Waals surface area contributed by atoms with E-state index in [0.29, 0.717) is 5.82 Å². The quantitative estimate of drug-likeness (QED) is 0.132. The fraction of sp³-hybridized carbons (Fsp3) is 0. The Balaban J connectivity index is 1.07. The zero-order valence-electron chi connectivity index (χ0n) is 30.0. The Kier molecular flexibility index (Phi) is 7.00. The highest BCUT2D eigenvalue weighted by Crippen LogP contribution is 2.44. The van der Waals surface area contributed by atoms with Crippen molar-refractivity contribution in [1.29, 1.82) is 0 Å². The molecule has 0 fully saturated rings. The number of benzene rings is 9. The number of nitrogens with zero attached hydrogens (tertiary/aromatic N) is 2. The van der Waals surface area contributed by atoms with Gasteiger partial charge in [0.2, 0.25) is 0 Å². The van der Waals surface area contributed by atoms with Crippen molar-refractivity contribution < 1.29 is 0 Å². The molecule has 260 valence electrons. The van der Waals surface area contributed by atoms with Crippen LogP contribution in [0.2, 0.25) is 0 Å². The highest BCUT2D eigenvalue weighted by atomic mass is 32.1. The van der Waals surface area contributed by atoms with Gasteiger partial charge in [-0.3, -0.25) is 0 Å². The molecule has 0 saturated heterocycles. The fourth-order valence-corrected chi connectivity index (χ4v) is 11.1. The molecular formula is C52H30N2S2. The molecule has 3 heterocycles. The zero-order valence-corrected chi connectivity index (χ0v) is 31.7. The Morgan fingerprint density at radius 3 is 1.48 bits per heavy atom. The lowest BCUT2D eigenvalue weighted by atomic mass is 9.89. The third kappa shape index (κ3) is 4.86. The highest BCUT2D eigenvalue weighted by molar-refractivity contribution is 7.26. The van der Waals surface area contributed by atoms with Crippen LogP contribution in [0.25, 0.3) is 118 Å². The van der Waals surface area contributed by atoms with Gasteiger partial charge < -0.3 is 0 Å². The maximum Gasteiger partial charge on any atom is 0.160 e. The van der Waals surface area contributed by atoms with E-state index in [2.05, 4.69) is 182 Å². The van der Waals surface area contributed by atoms with Gasteiger partial charge in [0.1, 0.15) is 0 Å². The van der Waals surface area contributed by atoms with E-state index in [9.17, 15) is 0 Å². The number of fused-ring (bicyclic) bond motifs is 10. The van der Waals surface area contributed by atoms with Crippen molar-refractivity contribution in [3.05, 3.63) is 182 Å². The van der Waals surface area contributed by atoms with Crippen molar-refractivity contribution in [3.63, 3.8) is 0 Å². The fourth-order valence-electron chi connectivity index (χ4n) is 8.67. The van der Waals surface area contributed by atoms with E-state index in [1.807, 2.05) is 22.7 Å². The third-order valence-corrected chi connectivity index (χ3v) is 13.7. The van der Waals surface area contributed by atoms with Crippen LogP contribution in [-0.4, -0.2) is 9.97 Å². The summed E-state index contributed by atoms with van der Waals surface area (Å²) in [5.74, 6) is 0.717. The van der Waals surface area contributed by atoms with Crippen molar-refractivity contribution in [3.8, 4) is 45.0 Å². The van der Waals surface area contributed by atoms with Gasteiger partial charge >= 0.3 is 0 Å². The molecule has 9 aromatic carbocycles. The Hall–Kier alpha value is -6.72. The van der Waals surface area contributed by atoms with E-state index in [1.165, 1.54) is 83.8 Å². The van der Waals surface area contributed by atoms with E-state index in [-0.39, 0.29) is 0 Å². The second-order valence-corrected chi connectivity index (χ2v) is 16.6. The average Bonchev–Trinajstić information content (AvgIpc) is 3.84. The van der Waals surface area contributed by atoms with Crippen molar-refractivity contribution in [2.24, 2.45) is 0 Å². The van der Waals surface area contributed by atoms with Crippen LogP contribution in [0.1, 0.15) is 0 Å². The molecule has 12 rings (SSSR count).